The molecule has 5 heteroatoms. The number of hydrogen-bond donors (Lipinski definition) is 3. The Labute approximate surface area is 230 Å². The van der Waals surface area contributed by atoms with Crippen molar-refractivity contribution in [2.75, 3.05) is 11.9 Å². The second-order valence-corrected chi connectivity index (χ2v) is 11.1. The zero-order valence-corrected chi connectivity index (χ0v) is 23.1. The summed E-state index contributed by atoms with van der Waals surface area (Å²) in [6, 6.07) is 12.9. The molecule has 0 radical (unpaired) electrons. The molecule has 1 aliphatic heterocycles. The number of anilines is 1. The third-order valence-electron chi connectivity index (χ3n) is 8.61. The number of aromatic nitrogens is 2. The number of allylic oxidation sites excluding steroid dienone is 5. The third kappa shape index (κ3) is 4.40. The van der Waals surface area contributed by atoms with Crippen LogP contribution in [0.25, 0.3) is 38.6 Å². The summed E-state index contributed by atoms with van der Waals surface area (Å²) in [6.45, 7) is 9.80. The molecule has 6 rings (SSSR count). The van der Waals surface area contributed by atoms with Crippen LogP contribution in [0.1, 0.15) is 79.9 Å². The number of nitrogens with zero attached hydrogens (tertiary/aromatic N) is 1. The quantitative estimate of drug-likeness (QED) is 0.225. The first-order chi connectivity index (χ1) is 19.0. The Morgan fingerprint density at radius 2 is 1.95 bits per heavy atom. The normalized spacial score (nSPS) is 16.6. The van der Waals surface area contributed by atoms with E-state index in [0.29, 0.717) is 11.5 Å². The van der Waals surface area contributed by atoms with Crippen molar-refractivity contribution in [3.05, 3.63) is 83.6 Å². The predicted molar refractivity (Wildman–Crippen MR) is 164 cm³/mol. The summed E-state index contributed by atoms with van der Waals surface area (Å²) in [5.74, 6) is 0.146. The summed E-state index contributed by atoms with van der Waals surface area (Å²) in [4.78, 5) is 15.8. The average Bonchev–Trinajstić information content (AvgIpc) is 3.45. The molecule has 1 saturated carbocycles. The van der Waals surface area contributed by atoms with Crippen molar-refractivity contribution in [2.45, 2.75) is 64.8 Å². The highest BCUT2D eigenvalue weighted by molar-refractivity contribution is 6.06. The lowest BCUT2D eigenvalue weighted by molar-refractivity contribution is 0.100. The molecular formula is C34H38N4O. The van der Waals surface area contributed by atoms with Gasteiger partial charge in [-0.2, -0.15) is 0 Å². The van der Waals surface area contributed by atoms with Gasteiger partial charge >= 0.3 is 0 Å². The number of nitrogens with one attached hydrogen (secondary N) is 2. The zero-order chi connectivity index (χ0) is 27.1. The van der Waals surface area contributed by atoms with Gasteiger partial charge in [0.1, 0.15) is 0 Å². The Morgan fingerprint density at radius 1 is 1.13 bits per heavy atom. The van der Waals surface area contributed by atoms with E-state index < -0.39 is 0 Å². The SMILES string of the molecule is C=C/C=C(C)\C=C(/CC)c1cc2c3c(ccc2[nH]1)-c1c(C2CCCCC2)c2ccc(C(N)=O)cc2n1CCN3. The number of carbonyl (C=O) groups is 1. The van der Waals surface area contributed by atoms with Gasteiger partial charge in [-0.25, -0.2) is 0 Å². The van der Waals surface area contributed by atoms with Gasteiger partial charge in [0, 0.05) is 51.7 Å². The Kier molecular flexibility index (Phi) is 6.68. The first-order valence-electron chi connectivity index (χ1n) is 14.4. The molecule has 3 heterocycles. The number of H-pyrrole nitrogens is 1. The van der Waals surface area contributed by atoms with Gasteiger partial charge < -0.3 is 20.6 Å². The first kappa shape index (κ1) is 25.3. The number of amides is 1. The molecule has 0 bridgehead atoms. The molecule has 4 N–H and O–H groups in total. The van der Waals surface area contributed by atoms with E-state index in [1.165, 1.54) is 76.5 Å². The van der Waals surface area contributed by atoms with Gasteiger partial charge in [0.15, 0.2) is 0 Å². The Bertz CT molecular complexity index is 1660. The monoisotopic (exact) mass is 518 g/mol. The largest absolute Gasteiger partial charge is 0.382 e. The standard InChI is InChI=1S/C34H38N4O/c1-4-9-21(3)18-22(5-2)29-20-27-28(37-29)15-14-26-32(27)36-16-17-38-30-19-24(34(35)39)12-13-25(30)31(33(26)38)23-10-7-6-8-11-23/h4,9,12-15,18-20,23,36-37H,1,5-8,10-11,16-17H2,2-3H3,(H2,35,39)/b21-9-,22-18+. The molecule has 2 aliphatic rings. The van der Waals surface area contributed by atoms with E-state index in [4.69, 9.17) is 5.73 Å². The Morgan fingerprint density at radius 3 is 2.69 bits per heavy atom. The first-order valence-corrected chi connectivity index (χ1v) is 14.4. The summed E-state index contributed by atoms with van der Waals surface area (Å²) in [6.07, 6.45) is 13.3. The summed E-state index contributed by atoms with van der Waals surface area (Å²) >= 11 is 0. The lowest BCUT2D eigenvalue weighted by atomic mass is 9.81. The van der Waals surface area contributed by atoms with Crippen molar-refractivity contribution in [1.82, 2.24) is 9.55 Å². The smallest absolute Gasteiger partial charge is 0.248 e. The maximum atomic E-state index is 12.1. The number of rotatable bonds is 6. The highest BCUT2D eigenvalue weighted by Gasteiger charge is 2.29. The number of fused-ring (bicyclic) bond motifs is 7. The molecule has 0 atom stereocenters. The summed E-state index contributed by atoms with van der Waals surface area (Å²) in [5, 5.41) is 6.28. The summed E-state index contributed by atoms with van der Waals surface area (Å²) in [7, 11) is 0. The van der Waals surface area contributed by atoms with E-state index in [0.717, 1.165) is 36.2 Å². The molecular weight excluding hydrogens is 480 g/mol. The summed E-state index contributed by atoms with van der Waals surface area (Å²) in [5.41, 5.74) is 17.3. The molecule has 5 nitrogen and oxygen atoms in total. The number of hydrogen-bond acceptors (Lipinski definition) is 2. The fraction of sp³-hybridized carbons (Fsp3) is 0.324. The highest BCUT2D eigenvalue weighted by atomic mass is 16.1. The molecule has 1 fully saturated rings. The maximum Gasteiger partial charge on any atom is 0.248 e. The van der Waals surface area contributed by atoms with E-state index in [2.05, 4.69) is 65.6 Å². The fourth-order valence-electron chi connectivity index (χ4n) is 6.79. The number of primary amides is 1. The minimum atomic E-state index is -0.377. The van der Waals surface area contributed by atoms with Crippen LogP contribution in [0.15, 0.2) is 66.8 Å². The van der Waals surface area contributed by atoms with Crippen molar-refractivity contribution < 1.29 is 4.79 Å². The second-order valence-electron chi connectivity index (χ2n) is 11.1. The predicted octanol–water partition coefficient (Wildman–Crippen LogP) is 8.29. The number of carbonyl (C=O) groups excluding carboxylic acids is 1. The minimum Gasteiger partial charge on any atom is -0.382 e. The molecule has 200 valence electrons. The molecule has 1 amide bonds. The highest BCUT2D eigenvalue weighted by Crippen LogP contribution is 2.48. The Balaban J connectivity index is 1.59. The Hall–Kier alpha value is -3.99. The number of nitrogens with two attached hydrogens (primary N) is 1. The minimum absolute atomic E-state index is 0.377. The van der Waals surface area contributed by atoms with Crippen molar-refractivity contribution >= 4 is 39.0 Å². The third-order valence-corrected chi connectivity index (χ3v) is 8.61. The maximum absolute atomic E-state index is 12.1. The van der Waals surface area contributed by atoms with Gasteiger partial charge in [0.2, 0.25) is 5.91 Å². The van der Waals surface area contributed by atoms with Gasteiger partial charge in [-0.3, -0.25) is 4.79 Å². The molecule has 2 aromatic heterocycles. The van der Waals surface area contributed by atoms with Crippen LogP contribution in [0.3, 0.4) is 0 Å². The molecule has 0 spiro atoms. The zero-order valence-electron chi connectivity index (χ0n) is 23.1. The van der Waals surface area contributed by atoms with Gasteiger partial charge in [-0.15, -0.1) is 0 Å². The van der Waals surface area contributed by atoms with Crippen LogP contribution in [-0.4, -0.2) is 22.0 Å². The number of aromatic amines is 1. The molecule has 39 heavy (non-hydrogen) atoms. The lowest BCUT2D eigenvalue weighted by Crippen LogP contribution is -2.11. The van der Waals surface area contributed by atoms with Crippen LogP contribution in [0.5, 0.6) is 0 Å². The molecule has 0 unspecified atom stereocenters. The van der Waals surface area contributed by atoms with Crippen molar-refractivity contribution in [3.8, 4) is 11.3 Å². The van der Waals surface area contributed by atoms with Gasteiger partial charge in [0.25, 0.3) is 0 Å². The van der Waals surface area contributed by atoms with Gasteiger partial charge in [-0.05, 0) is 73.6 Å². The topological polar surface area (TPSA) is 75.8 Å². The van der Waals surface area contributed by atoms with Crippen LogP contribution >= 0.6 is 0 Å². The molecule has 2 aromatic carbocycles. The average molecular weight is 519 g/mol. The molecule has 1 aliphatic carbocycles. The fourth-order valence-corrected chi connectivity index (χ4v) is 6.79. The van der Waals surface area contributed by atoms with Crippen LogP contribution in [-0.2, 0) is 6.54 Å². The van der Waals surface area contributed by atoms with Crippen molar-refractivity contribution in [2.24, 2.45) is 5.73 Å². The number of benzene rings is 2. The van der Waals surface area contributed by atoms with Crippen LogP contribution < -0.4 is 11.1 Å². The van der Waals surface area contributed by atoms with E-state index >= 15 is 0 Å². The second kappa shape index (κ2) is 10.3. The molecule has 4 aromatic rings. The van der Waals surface area contributed by atoms with Crippen LogP contribution in [0, 0.1) is 0 Å². The van der Waals surface area contributed by atoms with Crippen molar-refractivity contribution in [1.29, 1.82) is 0 Å². The van der Waals surface area contributed by atoms with E-state index in [1.54, 1.807) is 0 Å². The lowest BCUT2D eigenvalue weighted by Gasteiger charge is -2.24. The van der Waals surface area contributed by atoms with Gasteiger partial charge in [0.05, 0.1) is 11.4 Å². The van der Waals surface area contributed by atoms with Crippen LogP contribution in [0.4, 0.5) is 5.69 Å². The van der Waals surface area contributed by atoms with E-state index in [1.807, 2.05) is 24.3 Å². The van der Waals surface area contributed by atoms with E-state index in [9.17, 15) is 4.79 Å². The van der Waals surface area contributed by atoms with Gasteiger partial charge in [-0.1, -0.05) is 62.6 Å². The van der Waals surface area contributed by atoms with E-state index in [-0.39, 0.29) is 5.91 Å². The summed E-state index contributed by atoms with van der Waals surface area (Å²) < 4.78 is 2.44. The molecule has 0 saturated heterocycles. The van der Waals surface area contributed by atoms with Crippen LogP contribution in [0.2, 0.25) is 0 Å². The van der Waals surface area contributed by atoms with Crippen molar-refractivity contribution in [3.63, 3.8) is 0 Å².